The molecule has 205 valence electrons. The average molecular weight is 714 g/mol. The second kappa shape index (κ2) is 52.8. The van der Waals surface area contributed by atoms with Gasteiger partial charge in [-0.2, -0.15) is 0 Å². The minimum absolute atomic E-state index is 0. The van der Waals surface area contributed by atoms with E-state index in [0.29, 0.717) is 0 Å². The van der Waals surface area contributed by atoms with Crippen LogP contribution in [0.1, 0.15) is 41.5 Å². The molecule has 5 nitrogen and oxygen atoms in total. The summed E-state index contributed by atoms with van der Waals surface area (Å²) in [6.07, 6.45) is 0. The third kappa shape index (κ3) is 42.5. The molecule has 0 aliphatic carbocycles. The van der Waals surface area contributed by atoms with Crippen LogP contribution in [0.3, 0.4) is 0 Å². The van der Waals surface area contributed by atoms with Crippen LogP contribution in [-0.4, -0.2) is 21.3 Å². The van der Waals surface area contributed by atoms with Gasteiger partial charge in [0, 0.05) is 42.4 Å². The van der Waals surface area contributed by atoms with Crippen LogP contribution in [0.25, 0.3) is 0 Å². The normalized spacial score (nSPS) is 7.16. The Hall–Kier alpha value is -0.572. The molecule has 0 saturated heterocycles. The molecule has 38 heavy (non-hydrogen) atoms. The molecule has 2 aromatic rings. The Kier molecular flexibility index (Phi) is 79.7. The second-order valence-electron chi connectivity index (χ2n) is 6.67. The second-order valence-corrected chi connectivity index (χ2v) is 12.7. The van der Waals surface area contributed by atoms with E-state index in [1.807, 2.05) is 4.31 Å². The first-order chi connectivity index (χ1) is 17.3. The van der Waals surface area contributed by atoms with Crippen LogP contribution in [0.4, 0.5) is 0 Å². The van der Waals surface area contributed by atoms with E-state index >= 15 is 0 Å². The van der Waals surface area contributed by atoms with Crippen LogP contribution in [-0.2, 0) is 61.4 Å². The van der Waals surface area contributed by atoms with E-state index in [0.717, 1.165) is 25.6 Å². The van der Waals surface area contributed by atoms with Crippen molar-refractivity contribution >= 4 is 55.9 Å². The van der Waals surface area contributed by atoms with Gasteiger partial charge in [0.05, 0.1) is 0 Å². The third-order valence-electron chi connectivity index (χ3n) is 3.63. The SMILES string of the molecule is CC(C)P(C(C)C)C(C)C.S=C=S.[C-]#[O+].[C-]#[O+].[C-]#[O+].[C-]#[O+].[C-]#[O+].[Mn].[Mo].c1ccc(Pc2ccccc2)cc1. The van der Waals surface area contributed by atoms with E-state index in [-0.39, 0.29) is 46.1 Å². The van der Waals surface area contributed by atoms with E-state index < -0.39 is 0 Å². The summed E-state index contributed by atoms with van der Waals surface area (Å²) in [4.78, 5) is 0. The fraction of sp³-hybridized carbons (Fsp3) is 0.333. The molecule has 0 heterocycles. The van der Waals surface area contributed by atoms with Crippen molar-refractivity contribution in [2.45, 2.75) is 58.5 Å². The molecule has 0 aliphatic heterocycles. The number of benzene rings is 2. The fourth-order valence-electron chi connectivity index (χ4n) is 3.00. The van der Waals surface area contributed by atoms with Crippen LogP contribution < -0.4 is 10.6 Å². The molecule has 0 aromatic heterocycles. The van der Waals surface area contributed by atoms with Gasteiger partial charge in [-0.05, 0) is 52.0 Å². The Morgan fingerprint density at radius 3 is 0.895 bits per heavy atom. The molecule has 0 unspecified atom stereocenters. The van der Waals surface area contributed by atoms with E-state index in [2.05, 4.69) is 160 Å². The van der Waals surface area contributed by atoms with Gasteiger partial charge in [0.15, 0.2) is 0 Å². The Morgan fingerprint density at radius 2 is 0.763 bits per heavy atom. The summed E-state index contributed by atoms with van der Waals surface area (Å²) < 4.78 is 39.4. The van der Waals surface area contributed by atoms with Gasteiger partial charge in [-0.1, -0.05) is 119 Å². The summed E-state index contributed by atoms with van der Waals surface area (Å²) in [6.45, 7) is 36.6. The summed E-state index contributed by atoms with van der Waals surface area (Å²) >= 11 is 7.92. The first kappa shape index (κ1) is 57.4. The van der Waals surface area contributed by atoms with Gasteiger partial charge in [-0.3, -0.25) is 0 Å². The largest absolute Gasteiger partial charge is 0.0622 e. The van der Waals surface area contributed by atoms with Crippen LogP contribution in [0, 0.1) is 33.3 Å². The summed E-state index contributed by atoms with van der Waals surface area (Å²) in [6, 6.07) is 21.2. The van der Waals surface area contributed by atoms with Gasteiger partial charge in [-0.15, -0.1) is 0 Å². The molecule has 2 aromatic carbocycles. The van der Waals surface area contributed by atoms with E-state index in [4.69, 9.17) is 23.3 Å². The summed E-state index contributed by atoms with van der Waals surface area (Å²) in [5, 5.41) is 2.79. The van der Waals surface area contributed by atoms with Gasteiger partial charge in [-0.25, -0.2) is 0 Å². The standard InChI is InChI=1S/C12H11P.C9H21P.5CO.CS2.Mn.Mo/c1-3-7-11(8-4-1)13-12-9-5-2-6-10-12;1-7(2)10(8(3)4)9(5)6;5*1-2;2-1-3;;/h1-10,13H;7-9H,1-6H3;;;;;;;;. The molecule has 0 N–H and O–H groups in total. The quantitative estimate of drug-likeness (QED) is 0.112. The smallest absolute Gasteiger partial charge is 0 e. The molecule has 0 spiro atoms. The molecule has 0 aliphatic rings. The minimum atomic E-state index is 0. The van der Waals surface area contributed by atoms with Crippen LogP contribution in [0.15, 0.2) is 60.7 Å². The third-order valence-corrected chi connectivity index (χ3v) is 8.45. The van der Waals surface area contributed by atoms with Crippen molar-refractivity contribution in [3.05, 3.63) is 93.9 Å². The molecular weight excluding hydrogens is 681 g/mol. The maximum atomic E-state index is 7.50. The number of hydrogen-bond donors (Lipinski definition) is 0. The molecule has 0 amide bonds. The maximum absolute atomic E-state index is 7.50. The van der Waals surface area contributed by atoms with Crippen molar-refractivity contribution < 1.29 is 61.4 Å². The zero-order valence-corrected chi connectivity index (χ0v) is 28.8. The molecule has 1 radical (unpaired) electrons. The minimum Gasteiger partial charge on any atom is -0.0622 e. The van der Waals surface area contributed by atoms with Gasteiger partial charge < -0.3 is 0 Å². The van der Waals surface area contributed by atoms with E-state index in [1.165, 1.54) is 10.6 Å². The van der Waals surface area contributed by atoms with Gasteiger partial charge in [0.25, 0.3) is 0 Å². The van der Waals surface area contributed by atoms with Crippen molar-refractivity contribution in [3.63, 3.8) is 0 Å². The van der Waals surface area contributed by atoms with Crippen LogP contribution >= 0.6 is 40.9 Å². The Labute approximate surface area is 268 Å². The molecule has 0 fully saturated rings. The number of hydrogen-bond acceptors (Lipinski definition) is 2. The molecule has 0 bridgehead atoms. The number of thiocarbonyl (C=S) groups is 2. The van der Waals surface area contributed by atoms with Crippen molar-refractivity contribution in [3.8, 4) is 0 Å². The maximum Gasteiger partial charge on any atom is 0 e. The van der Waals surface area contributed by atoms with E-state index in [9.17, 15) is 0 Å². The predicted molar refractivity (Wildman–Crippen MR) is 153 cm³/mol. The van der Waals surface area contributed by atoms with Crippen LogP contribution in [0.5, 0.6) is 0 Å². The summed E-state index contributed by atoms with van der Waals surface area (Å²) in [7, 11) is 1.04. The average Bonchev–Trinajstić information content (AvgIpc) is 2.91. The van der Waals surface area contributed by atoms with Crippen LogP contribution in [0.2, 0.25) is 0 Å². The first-order valence-electron chi connectivity index (χ1n) is 9.99. The van der Waals surface area contributed by atoms with Gasteiger partial charge in [0.2, 0.25) is 0 Å². The molecule has 11 heteroatoms. The van der Waals surface area contributed by atoms with Crippen molar-refractivity contribution in [2.75, 3.05) is 0 Å². The molecule has 2 rings (SSSR count). The zero-order chi connectivity index (χ0) is 29.9. The molecule has 0 atom stereocenters. The molecular formula is C27H32MnMoO5P2S2. The molecule has 0 saturated carbocycles. The van der Waals surface area contributed by atoms with Gasteiger partial charge >= 0.3 is 56.5 Å². The van der Waals surface area contributed by atoms with E-state index in [1.54, 1.807) is 0 Å². The van der Waals surface area contributed by atoms with Crippen molar-refractivity contribution in [1.29, 1.82) is 0 Å². The van der Waals surface area contributed by atoms with Crippen molar-refractivity contribution in [2.24, 2.45) is 0 Å². The first-order valence-corrected chi connectivity index (χ1v) is 13.4. The summed E-state index contributed by atoms with van der Waals surface area (Å²) in [5.74, 6) is 0. The topological polar surface area (TPSA) is 99.5 Å². The number of rotatable bonds is 5. The van der Waals surface area contributed by atoms with Crippen molar-refractivity contribution in [1.82, 2.24) is 0 Å². The zero-order valence-electron chi connectivity index (χ0n) is 22.1. The Morgan fingerprint density at radius 1 is 0.579 bits per heavy atom. The Balaban J connectivity index is -0.0000000539. The predicted octanol–water partition coefficient (Wildman–Crippen LogP) is 6.83. The Bertz CT molecular complexity index is 748. The monoisotopic (exact) mass is 715 g/mol. The van der Waals surface area contributed by atoms with Gasteiger partial charge in [0.1, 0.15) is 0 Å². The fourth-order valence-corrected chi connectivity index (χ4v) is 7.63. The summed E-state index contributed by atoms with van der Waals surface area (Å²) in [5.41, 5.74) is 2.69.